The predicted molar refractivity (Wildman–Crippen MR) is 64.0 cm³/mol. The summed E-state index contributed by atoms with van der Waals surface area (Å²) in [6.07, 6.45) is -0.333. The smallest absolute Gasteiger partial charge is 0.246 e. The quantitative estimate of drug-likeness (QED) is 0.853. The van der Waals surface area contributed by atoms with Crippen LogP contribution in [-0.4, -0.2) is 45.1 Å². The fraction of sp³-hybridized carbons (Fsp3) is 0.455. The summed E-state index contributed by atoms with van der Waals surface area (Å²) in [5.74, 6) is -0.742. The molecule has 2 N–H and O–H groups in total. The number of halogens is 1. The number of hydrogen-bond acceptors (Lipinski definition) is 4. The fourth-order valence-electron chi connectivity index (χ4n) is 1.85. The minimum atomic E-state index is -3.81. The molecular weight excluding hydrogens is 259 g/mol. The zero-order valence-electron chi connectivity index (χ0n) is 9.75. The molecule has 2 rings (SSSR count). The molecule has 1 aromatic rings. The normalized spacial score (nSPS) is 22.0. The second kappa shape index (κ2) is 5.31. The fourth-order valence-corrected chi connectivity index (χ4v) is 3.37. The van der Waals surface area contributed by atoms with Gasteiger partial charge in [0.2, 0.25) is 10.0 Å². The highest BCUT2D eigenvalue weighted by atomic mass is 32.2. The Kier molecular flexibility index (Phi) is 3.96. The first kappa shape index (κ1) is 13.4. The minimum Gasteiger partial charge on any atom is -0.374 e. The van der Waals surface area contributed by atoms with Crippen LogP contribution >= 0.6 is 0 Å². The summed E-state index contributed by atoms with van der Waals surface area (Å²) in [6, 6.07) is 5.35. The Bertz CT molecular complexity index is 521. The summed E-state index contributed by atoms with van der Waals surface area (Å²) in [5.41, 5.74) is 5.46. The van der Waals surface area contributed by atoms with Gasteiger partial charge in [0.25, 0.3) is 0 Å². The Balaban J connectivity index is 2.29. The van der Waals surface area contributed by atoms with Crippen molar-refractivity contribution in [2.75, 3.05) is 26.2 Å². The zero-order chi connectivity index (χ0) is 13.2. The number of rotatable bonds is 3. The van der Waals surface area contributed by atoms with Crippen molar-refractivity contribution in [3.63, 3.8) is 0 Å². The Hall–Kier alpha value is -1.02. The van der Waals surface area contributed by atoms with Gasteiger partial charge < -0.3 is 10.5 Å². The molecule has 5 nitrogen and oxygen atoms in total. The summed E-state index contributed by atoms with van der Waals surface area (Å²) in [6.45, 7) is 0.888. The molecule has 0 aliphatic carbocycles. The lowest BCUT2D eigenvalue weighted by atomic mass is 10.3. The molecule has 0 spiro atoms. The first-order valence-electron chi connectivity index (χ1n) is 5.62. The van der Waals surface area contributed by atoms with Crippen LogP contribution in [0.4, 0.5) is 4.39 Å². The lowest BCUT2D eigenvalue weighted by Gasteiger charge is -2.31. The Labute approximate surface area is 105 Å². The maximum absolute atomic E-state index is 13.6. The third-order valence-corrected chi connectivity index (χ3v) is 4.72. The summed E-state index contributed by atoms with van der Waals surface area (Å²) in [7, 11) is -3.81. The highest BCUT2D eigenvalue weighted by Crippen LogP contribution is 2.20. The molecule has 0 saturated carbocycles. The molecule has 1 aliphatic heterocycles. The topological polar surface area (TPSA) is 72.6 Å². The Morgan fingerprint density at radius 2 is 2.17 bits per heavy atom. The van der Waals surface area contributed by atoms with E-state index in [4.69, 9.17) is 10.5 Å². The molecule has 1 fully saturated rings. The molecule has 100 valence electrons. The van der Waals surface area contributed by atoms with Crippen LogP contribution in [0, 0.1) is 5.82 Å². The molecule has 7 heteroatoms. The number of morpholine rings is 1. The SMILES string of the molecule is NC[C@@H]1CN(S(=O)(=O)c2ccccc2F)CCO1. The first-order chi connectivity index (χ1) is 8.55. The molecule has 0 unspecified atom stereocenters. The average molecular weight is 274 g/mol. The van der Waals surface area contributed by atoms with Crippen molar-refractivity contribution in [2.45, 2.75) is 11.0 Å². The lowest BCUT2D eigenvalue weighted by Crippen LogP contribution is -2.48. The second-order valence-electron chi connectivity index (χ2n) is 4.02. The van der Waals surface area contributed by atoms with Crippen LogP contribution in [0.5, 0.6) is 0 Å². The van der Waals surface area contributed by atoms with Gasteiger partial charge in [-0.25, -0.2) is 12.8 Å². The summed E-state index contributed by atoms with van der Waals surface area (Å²) < 4.78 is 44.6. The van der Waals surface area contributed by atoms with Crippen molar-refractivity contribution in [2.24, 2.45) is 5.73 Å². The van der Waals surface area contributed by atoms with Crippen LogP contribution in [0.3, 0.4) is 0 Å². The number of nitrogens with two attached hydrogens (primary N) is 1. The third kappa shape index (κ3) is 2.54. The molecule has 0 radical (unpaired) electrons. The molecular formula is C11H15FN2O3S. The van der Waals surface area contributed by atoms with E-state index in [0.717, 1.165) is 6.07 Å². The monoisotopic (exact) mass is 274 g/mol. The largest absolute Gasteiger partial charge is 0.374 e. The summed E-state index contributed by atoms with van der Waals surface area (Å²) in [4.78, 5) is -0.303. The van der Waals surface area contributed by atoms with Crippen molar-refractivity contribution in [3.8, 4) is 0 Å². The number of benzene rings is 1. The van der Waals surface area contributed by atoms with Gasteiger partial charge in [0.1, 0.15) is 10.7 Å². The Morgan fingerprint density at radius 1 is 1.44 bits per heavy atom. The highest BCUT2D eigenvalue weighted by molar-refractivity contribution is 7.89. The molecule has 0 aromatic heterocycles. The van der Waals surface area contributed by atoms with Gasteiger partial charge >= 0.3 is 0 Å². The van der Waals surface area contributed by atoms with Crippen LogP contribution in [-0.2, 0) is 14.8 Å². The van der Waals surface area contributed by atoms with Crippen LogP contribution in [0.25, 0.3) is 0 Å². The van der Waals surface area contributed by atoms with E-state index in [9.17, 15) is 12.8 Å². The molecule has 1 aliphatic rings. The minimum absolute atomic E-state index is 0.160. The van der Waals surface area contributed by atoms with Crippen LogP contribution in [0.2, 0.25) is 0 Å². The second-order valence-corrected chi connectivity index (χ2v) is 5.93. The van der Waals surface area contributed by atoms with Gasteiger partial charge in [-0.2, -0.15) is 4.31 Å². The van der Waals surface area contributed by atoms with E-state index in [1.54, 1.807) is 0 Å². The maximum atomic E-state index is 13.6. The van der Waals surface area contributed by atoms with Gasteiger partial charge in [-0.1, -0.05) is 12.1 Å². The van der Waals surface area contributed by atoms with Crippen molar-refractivity contribution >= 4 is 10.0 Å². The van der Waals surface area contributed by atoms with Gasteiger partial charge in [0, 0.05) is 19.6 Å². The summed E-state index contributed by atoms with van der Waals surface area (Å²) in [5, 5.41) is 0. The van der Waals surface area contributed by atoms with E-state index in [1.165, 1.54) is 22.5 Å². The van der Waals surface area contributed by atoms with E-state index in [1.807, 2.05) is 0 Å². The highest BCUT2D eigenvalue weighted by Gasteiger charge is 2.31. The van der Waals surface area contributed by atoms with E-state index in [0.29, 0.717) is 0 Å². The molecule has 1 saturated heterocycles. The van der Waals surface area contributed by atoms with E-state index in [-0.39, 0.29) is 37.2 Å². The maximum Gasteiger partial charge on any atom is 0.246 e. The predicted octanol–water partition coefficient (Wildman–Crippen LogP) is 0.174. The third-order valence-electron chi connectivity index (χ3n) is 2.82. The number of ether oxygens (including phenoxy) is 1. The molecule has 1 atom stereocenters. The standard InChI is InChI=1S/C11H15FN2O3S/c12-10-3-1-2-4-11(10)18(15,16)14-5-6-17-9(7-13)8-14/h1-4,9H,5-8,13H2/t9-/m1/s1. The van der Waals surface area contributed by atoms with Gasteiger partial charge in [-0.15, -0.1) is 0 Å². The van der Waals surface area contributed by atoms with Crippen molar-refractivity contribution < 1.29 is 17.5 Å². The van der Waals surface area contributed by atoms with Crippen LogP contribution < -0.4 is 5.73 Å². The van der Waals surface area contributed by atoms with Crippen molar-refractivity contribution in [3.05, 3.63) is 30.1 Å². The molecule has 1 aromatic carbocycles. The molecule has 18 heavy (non-hydrogen) atoms. The van der Waals surface area contributed by atoms with Crippen LogP contribution in [0.15, 0.2) is 29.2 Å². The van der Waals surface area contributed by atoms with Crippen LogP contribution in [0.1, 0.15) is 0 Å². The number of nitrogens with zero attached hydrogens (tertiary/aromatic N) is 1. The molecule has 0 bridgehead atoms. The first-order valence-corrected chi connectivity index (χ1v) is 7.06. The lowest BCUT2D eigenvalue weighted by molar-refractivity contribution is 0.00445. The van der Waals surface area contributed by atoms with Gasteiger partial charge in [-0.05, 0) is 12.1 Å². The summed E-state index contributed by atoms with van der Waals surface area (Å²) >= 11 is 0. The van der Waals surface area contributed by atoms with E-state index in [2.05, 4.69) is 0 Å². The van der Waals surface area contributed by atoms with E-state index >= 15 is 0 Å². The van der Waals surface area contributed by atoms with Gasteiger partial charge in [0.05, 0.1) is 12.7 Å². The number of sulfonamides is 1. The molecule has 0 amide bonds. The zero-order valence-corrected chi connectivity index (χ0v) is 10.6. The Morgan fingerprint density at radius 3 is 2.83 bits per heavy atom. The van der Waals surface area contributed by atoms with Gasteiger partial charge in [-0.3, -0.25) is 0 Å². The van der Waals surface area contributed by atoms with Crippen molar-refractivity contribution in [1.82, 2.24) is 4.31 Å². The van der Waals surface area contributed by atoms with Crippen molar-refractivity contribution in [1.29, 1.82) is 0 Å². The van der Waals surface area contributed by atoms with E-state index < -0.39 is 15.8 Å². The molecule has 1 heterocycles. The average Bonchev–Trinajstić information content (AvgIpc) is 2.39. The number of hydrogen-bond donors (Lipinski definition) is 1. The van der Waals surface area contributed by atoms with Gasteiger partial charge in [0.15, 0.2) is 0 Å².